The van der Waals surface area contributed by atoms with Gasteiger partial charge in [-0.25, -0.2) is 0 Å². The maximum absolute atomic E-state index is 12.2. The maximum atomic E-state index is 12.2. The van der Waals surface area contributed by atoms with Crippen molar-refractivity contribution in [1.29, 1.82) is 5.26 Å². The Morgan fingerprint density at radius 1 is 1.26 bits per heavy atom. The predicted octanol–water partition coefficient (Wildman–Crippen LogP) is 1.54. The fourth-order valence-corrected chi connectivity index (χ4v) is 2.90. The van der Waals surface area contributed by atoms with Gasteiger partial charge in [-0.15, -0.1) is 0 Å². The number of carbonyl (C=O) groups is 1. The van der Waals surface area contributed by atoms with Crippen LogP contribution in [0, 0.1) is 17.2 Å². The first kappa shape index (κ1) is 12.7. The smallest absolute Gasteiger partial charge is 0.246 e. The number of rotatable bonds is 3. The fourth-order valence-electron chi connectivity index (χ4n) is 2.90. The molecule has 4 nitrogen and oxygen atoms in total. The second-order valence-electron chi connectivity index (χ2n) is 6.06. The van der Waals surface area contributed by atoms with Crippen LogP contribution in [-0.4, -0.2) is 47.4 Å². The SMILES string of the molecule is C/C(=C\C(=O)N1CCN(C2CC2)C(C#N)C1)C1CC1. The summed E-state index contributed by atoms with van der Waals surface area (Å²) in [4.78, 5) is 16.3. The monoisotopic (exact) mass is 259 g/mol. The Bertz CT molecular complexity index is 443. The summed E-state index contributed by atoms with van der Waals surface area (Å²) >= 11 is 0. The fraction of sp³-hybridized carbons (Fsp3) is 0.733. The van der Waals surface area contributed by atoms with E-state index in [1.807, 2.05) is 4.90 Å². The van der Waals surface area contributed by atoms with Crippen LogP contribution in [0.15, 0.2) is 11.6 Å². The van der Waals surface area contributed by atoms with Gasteiger partial charge in [-0.05, 0) is 38.5 Å². The van der Waals surface area contributed by atoms with Crippen molar-refractivity contribution in [1.82, 2.24) is 9.80 Å². The largest absolute Gasteiger partial charge is 0.335 e. The molecule has 1 saturated heterocycles. The van der Waals surface area contributed by atoms with Crippen LogP contribution < -0.4 is 0 Å². The number of nitrogens with zero attached hydrogens (tertiary/aromatic N) is 3. The summed E-state index contributed by atoms with van der Waals surface area (Å²) in [6.45, 7) is 4.24. The highest BCUT2D eigenvalue weighted by Gasteiger charge is 2.38. The van der Waals surface area contributed by atoms with Crippen LogP contribution in [0.5, 0.6) is 0 Å². The van der Waals surface area contributed by atoms with Crippen molar-refractivity contribution >= 4 is 5.91 Å². The van der Waals surface area contributed by atoms with E-state index in [2.05, 4.69) is 17.9 Å². The van der Waals surface area contributed by atoms with E-state index in [1.165, 1.54) is 31.3 Å². The number of hydrogen-bond acceptors (Lipinski definition) is 3. The van der Waals surface area contributed by atoms with Crippen molar-refractivity contribution in [3.05, 3.63) is 11.6 Å². The third kappa shape index (κ3) is 2.82. The van der Waals surface area contributed by atoms with E-state index in [-0.39, 0.29) is 11.9 Å². The van der Waals surface area contributed by atoms with E-state index in [1.54, 1.807) is 6.08 Å². The lowest BCUT2D eigenvalue weighted by Crippen LogP contribution is -2.54. The molecule has 1 unspecified atom stereocenters. The third-order valence-corrected chi connectivity index (χ3v) is 4.47. The van der Waals surface area contributed by atoms with Gasteiger partial charge in [0.15, 0.2) is 0 Å². The molecular weight excluding hydrogens is 238 g/mol. The second kappa shape index (κ2) is 4.97. The molecule has 0 aromatic rings. The first-order valence-electron chi connectivity index (χ1n) is 7.31. The summed E-state index contributed by atoms with van der Waals surface area (Å²) in [6, 6.07) is 2.85. The number of allylic oxidation sites excluding steroid dienone is 1. The van der Waals surface area contributed by atoms with Crippen molar-refractivity contribution in [2.45, 2.75) is 44.7 Å². The van der Waals surface area contributed by atoms with E-state index in [9.17, 15) is 10.1 Å². The predicted molar refractivity (Wildman–Crippen MR) is 72.2 cm³/mol. The first-order chi connectivity index (χ1) is 9.19. The summed E-state index contributed by atoms with van der Waals surface area (Å²) in [5.41, 5.74) is 1.21. The number of amides is 1. The van der Waals surface area contributed by atoms with Gasteiger partial charge < -0.3 is 4.90 Å². The van der Waals surface area contributed by atoms with E-state index in [4.69, 9.17) is 0 Å². The molecule has 0 N–H and O–H groups in total. The molecule has 4 heteroatoms. The Hall–Kier alpha value is -1.34. The van der Waals surface area contributed by atoms with Gasteiger partial charge in [-0.3, -0.25) is 9.69 Å². The summed E-state index contributed by atoms with van der Waals surface area (Å²) in [7, 11) is 0. The van der Waals surface area contributed by atoms with Gasteiger partial charge >= 0.3 is 0 Å². The van der Waals surface area contributed by atoms with Crippen LogP contribution in [0.1, 0.15) is 32.6 Å². The molecular formula is C15H21N3O. The normalized spacial score (nSPS) is 29.2. The van der Waals surface area contributed by atoms with Gasteiger partial charge in [0.2, 0.25) is 5.91 Å². The van der Waals surface area contributed by atoms with E-state index in [0.29, 0.717) is 18.5 Å². The van der Waals surface area contributed by atoms with Crippen LogP contribution in [0.3, 0.4) is 0 Å². The van der Waals surface area contributed by atoms with Crippen molar-refractivity contribution in [2.24, 2.45) is 5.92 Å². The van der Waals surface area contributed by atoms with Gasteiger partial charge in [-0.1, -0.05) is 5.57 Å². The Kier molecular flexibility index (Phi) is 3.32. The molecule has 102 valence electrons. The molecule has 1 amide bonds. The minimum atomic E-state index is -0.111. The minimum absolute atomic E-state index is 0.0973. The average Bonchev–Trinajstić information content (AvgIpc) is 3.30. The van der Waals surface area contributed by atoms with E-state index < -0.39 is 0 Å². The first-order valence-corrected chi connectivity index (χ1v) is 7.31. The van der Waals surface area contributed by atoms with Crippen molar-refractivity contribution in [3.8, 4) is 6.07 Å². The summed E-state index contributed by atoms with van der Waals surface area (Å²) in [5.74, 6) is 0.739. The molecule has 0 aromatic heterocycles. The zero-order chi connectivity index (χ0) is 13.4. The molecule has 2 saturated carbocycles. The Balaban J connectivity index is 1.61. The summed E-state index contributed by atoms with van der Waals surface area (Å²) in [6.07, 6.45) is 6.68. The van der Waals surface area contributed by atoms with Gasteiger partial charge in [0.25, 0.3) is 0 Å². The molecule has 0 radical (unpaired) electrons. The zero-order valence-electron chi connectivity index (χ0n) is 11.5. The summed E-state index contributed by atoms with van der Waals surface area (Å²) in [5, 5.41) is 9.27. The number of nitriles is 1. The van der Waals surface area contributed by atoms with Gasteiger partial charge in [0.05, 0.1) is 6.07 Å². The van der Waals surface area contributed by atoms with Crippen LogP contribution in [-0.2, 0) is 4.79 Å². The number of hydrogen-bond donors (Lipinski definition) is 0. The molecule has 3 rings (SSSR count). The van der Waals surface area contributed by atoms with Crippen molar-refractivity contribution in [2.75, 3.05) is 19.6 Å². The lowest BCUT2D eigenvalue weighted by atomic mass is 10.1. The van der Waals surface area contributed by atoms with Gasteiger partial charge in [0, 0.05) is 31.8 Å². The topological polar surface area (TPSA) is 47.3 Å². The molecule has 0 aromatic carbocycles. The highest BCUT2D eigenvalue weighted by atomic mass is 16.2. The lowest BCUT2D eigenvalue weighted by Gasteiger charge is -2.38. The molecule has 3 fully saturated rings. The molecule has 0 spiro atoms. The molecule has 3 aliphatic rings. The van der Waals surface area contributed by atoms with Crippen molar-refractivity contribution in [3.63, 3.8) is 0 Å². The van der Waals surface area contributed by atoms with Crippen LogP contribution in [0.4, 0.5) is 0 Å². The molecule has 0 bridgehead atoms. The molecule has 1 heterocycles. The molecule has 2 aliphatic carbocycles. The van der Waals surface area contributed by atoms with Gasteiger partial charge in [0.1, 0.15) is 6.04 Å². The quantitative estimate of drug-likeness (QED) is 0.722. The summed E-state index contributed by atoms with van der Waals surface area (Å²) < 4.78 is 0. The maximum Gasteiger partial charge on any atom is 0.246 e. The van der Waals surface area contributed by atoms with Crippen LogP contribution >= 0.6 is 0 Å². The highest BCUT2D eigenvalue weighted by molar-refractivity contribution is 5.88. The minimum Gasteiger partial charge on any atom is -0.335 e. The molecule has 1 atom stereocenters. The standard InChI is InChI=1S/C15H21N3O/c1-11(12-2-3-12)8-15(19)17-6-7-18(13-4-5-13)14(9-16)10-17/h8,12-14H,2-7,10H2,1H3/b11-8+. The van der Waals surface area contributed by atoms with Crippen LogP contribution in [0.25, 0.3) is 0 Å². The average molecular weight is 259 g/mol. The van der Waals surface area contributed by atoms with Gasteiger partial charge in [-0.2, -0.15) is 5.26 Å². The molecule has 1 aliphatic heterocycles. The van der Waals surface area contributed by atoms with Crippen LogP contribution in [0.2, 0.25) is 0 Å². The highest BCUT2D eigenvalue weighted by Crippen LogP contribution is 2.36. The lowest BCUT2D eigenvalue weighted by molar-refractivity contribution is -0.128. The van der Waals surface area contributed by atoms with E-state index in [0.717, 1.165) is 13.1 Å². The Morgan fingerprint density at radius 2 is 2.00 bits per heavy atom. The van der Waals surface area contributed by atoms with E-state index >= 15 is 0 Å². The zero-order valence-corrected chi connectivity index (χ0v) is 11.5. The Morgan fingerprint density at radius 3 is 2.58 bits per heavy atom. The Labute approximate surface area is 114 Å². The van der Waals surface area contributed by atoms with Crippen molar-refractivity contribution < 1.29 is 4.79 Å². The number of piperazine rings is 1. The third-order valence-electron chi connectivity index (χ3n) is 4.47. The molecule has 19 heavy (non-hydrogen) atoms. The second-order valence-corrected chi connectivity index (χ2v) is 6.06. The number of carbonyl (C=O) groups excluding carboxylic acids is 1.